The molecule has 0 radical (unpaired) electrons. The van der Waals surface area contributed by atoms with Gasteiger partial charge in [0.15, 0.2) is 5.65 Å². The zero-order valence-corrected chi connectivity index (χ0v) is 16.6. The molecule has 0 amide bonds. The number of aromatic nitrogens is 3. The SMILES string of the molecule is O=S(=O)(c1cccc2cccnc12)N1CCC(c2ccc3cccnc3n2)CC1. The number of hydrogen-bond donors (Lipinski definition) is 0. The first-order valence-electron chi connectivity index (χ1n) is 9.68. The van der Waals surface area contributed by atoms with E-state index in [-0.39, 0.29) is 10.8 Å². The quantitative estimate of drug-likeness (QED) is 0.520. The van der Waals surface area contributed by atoms with E-state index < -0.39 is 10.0 Å². The van der Waals surface area contributed by atoms with E-state index in [0.29, 0.717) is 18.6 Å². The Labute approximate surface area is 169 Å². The number of rotatable bonds is 3. The van der Waals surface area contributed by atoms with Gasteiger partial charge < -0.3 is 0 Å². The number of para-hydroxylation sites is 1. The van der Waals surface area contributed by atoms with Crippen molar-refractivity contribution in [3.63, 3.8) is 0 Å². The summed E-state index contributed by atoms with van der Waals surface area (Å²) in [5.74, 6) is 0.235. The molecule has 1 fully saturated rings. The summed E-state index contributed by atoms with van der Waals surface area (Å²) in [4.78, 5) is 13.6. The van der Waals surface area contributed by atoms with E-state index >= 15 is 0 Å². The molecule has 0 atom stereocenters. The van der Waals surface area contributed by atoms with Crippen LogP contribution in [0.2, 0.25) is 0 Å². The van der Waals surface area contributed by atoms with Crippen LogP contribution in [0.1, 0.15) is 24.5 Å². The van der Waals surface area contributed by atoms with E-state index in [1.807, 2.05) is 42.5 Å². The molecular formula is C22H20N4O2S. The normalized spacial score (nSPS) is 16.4. The van der Waals surface area contributed by atoms with Gasteiger partial charge in [-0.2, -0.15) is 4.31 Å². The first-order valence-corrected chi connectivity index (χ1v) is 11.1. The van der Waals surface area contributed by atoms with E-state index in [2.05, 4.69) is 9.97 Å². The molecule has 29 heavy (non-hydrogen) atoms. The lowest BCUT2D eigenvalue weighted by Crippen LogP contribution is -2.38. The maximum atomic E-state index is 13.3. The Morgan fingerprint density at radius 1 is 0.828 bits per heavy atom. The van der Waals surface area contributed by atoms with Gasteiger partial charge >= 0.3 is 0 Å². The second kappa shape index (κ2) is 7.17. The van der Waals surface area contributed by atoms with E-state index in [1.165, 1.54) is 0 Å². The molecule has 0 N–H and O–H groups in total. The standard InChI is InChI=1S/C22H20N4O2S/c27-29(28,20-7-1-4-17-5-2-12-23-21(17)20)26-14-10-16(11-15-26)19-9-8-18-6-3-13-24-22(18)25-19/h1-9,12-13,16H,10-11,14-15H2. The summed E-state index contributed by atoms with van der Waals surface area (Å²) in [5, 5.41) is 1.84. The van der Waals surface area contributed by atoms with Gasteiger partial charge in [0.25, 0.3) is 0 Å². The monoisotopic (exact) mass is 404 g/mol. The van der Waals surface area contributed by atoms with Crippen LogP contribution in [0.15, 0.2) is 71.9 Å². The molecular weight excluding hydrogens is 384 g/mol. The molecule has 1 aliphatic rings. The van der Waals surface area contributed by atoms with Crippen molar-refractivity contribution in [2.24, 2.45) is 0 Å². The minimum Gasteiger partial charge on any atom is -0.255 e. The zero-order valence-electron chi connectivity index (χ0n) is 15.8. The van der Waals surface area contributed by atoms with E-state index in [0.717, 1.165) is 35.0 Å². The fourth-order valence-electron chi connectivity index (χ4n) is 4.01. The van der Waals surface area contributed by atoms with Crippen LogP contribution in [0.5, 0.6) is 0 Å². The van der Waals surface area contributed by atoms with E-state index in [9.17, 15) is 8.42 Å². The summed E-state index contributed by atoms with van der Waals surface area (Å²) in [6.07, 6.45) is 4.85. The van der Waals surface area contributed by atoms with Crippen LogP contribution in [0, 0.1) is 0 Å². The number of sulfonamides is 1. The molecule has 0 spiro atoms. The summed E-state index contributed by atoms with van der Waals surface area (Å²) in [5.41, 5.74) is 2.25. The van der Waals surface area contributed by atoms with Crippen molar-refractivity contribution in [3.05, 3.63) is 72.7 Å². The molecule has 6 nitrogen and oxygen atoms in total. The predicted octanol–water partition coefficient (Wildman–Crippen LogP) is 3.75. The average Bonchev–Trinajstić information content (AvgIpc) is 2.78. The first kappa shape index (κ1) is 18.1. The Kier molecular flexibility index (Phi) is 4.49. The molecule has 1 aromatic carbocycles. The van der Waals surface area contributed by atoms with Gasteiger partial charge in [-0.05, 0) is 49.2 Å². The highest BCUT2D eigenvalue weighted by Crippen LogP contribution is 2.32. The van der Waals surface area contributed by atoms with Crippen LogP contribution in [0.25, 0.3) is 21.9 Å². The van der Waals surface area contributed by atoms with E-state index in [4.69, 9.17) is 4.98 Å². The van der Waals surface area contributed by atoms with Gasteiger partial charge in [-0.1, -0.05) is 18.2 Å². The molecule has 0 bridgehead atoms. The second-order valence-electron chi connectivity index (χ2n) is 7.30. The van der Waals surface area contributed by atoms with Gasteiger partial charge in [0, 0.05) is 47.9 Å². The predicted molar refractivity (Wildman–Crippen MR) is 112 cm³/mol. The van der Waals surface area contributed by atoms with Crippen molar-refractivity contribution in [1.82, 2.24) is 19.3 Å². The summed E-state index contributed by atoms with van der Waals surface area (Å²) < 4.78 is 28.1. The second-order valence-corrected chi connectivity index (χ2v) is 9.20. The lowest BCUT2D eigenvalue weighted by atomic mass is 9.94. The molecule has 0 aliphatic carbocycles. The number of hydrogen-bond acceptors (Lipinski definition) is 5. The summed E-state index contributed by atoms with van der Waals surface area (Å²) >= 11 is 0. The zero-order chi connectivity index (χ0) is 19.8. The summed E-state index contributed by atoms with van der Waals surface area (Å²) in [7, 11) is -3.59. The Balaban J connectivity index is 1.39. The third-order valence-electron chi connectivity index (χ3n) is 5.57. The highest BCUT2D eigenvalue weighted by molar-refractivity contribution is 7.89. The summed E-state index contributed by atoms with van der Waals surface area (Å²) in [6.45, 7) is 0.941. The molecule has 0 saturated carbocycles. The van der Waals surface area contributed by atoms with Crippen molar-refractivity contribution < 1.29 is 8.42 Å². The van der Waals surface area contributed by atoms with Crippen molar-refractivity contribution in [2.75, 3.05) is 13.1 Å². The largest absolute Gasteiger partial charge is 0.255 e. The number of fused-ring (bicyclic) bond motifs is 2. The van der Waals surface area contributed by atoms with Gasteiger partial charge in [-0.25, -0.2) is 18.4 Å². The number of benzene rings is 1. The number of pyridine rings is 3. The number of nitrogens with zero attached hydrogens (tertiary/aromatic N) is 4. The Bertz CT molecular complexity index is 1290. The minimum absolute atomic E-state index is 0.235. The van der Waals surface area contributed by atoms with Crippen molar-refractivity contribution in [3.8, 4) is 0 Å². The van der Waals surface area contributed by atoms with Crippen LogP contribution in [-0.4, -0.2) is 40.8 Å². The van der Waals surface area contributed by atoms with Gasteiger partial charge in [-0.3, -0.25) is 4.98 Å². The molecule has 5 rings (SSSR count). The fraction of sp³-hybridized carbons (Fsp3) is 0.227. The van der Waals surface area contributed by atoms with Crippen molar-refractivity contribution >= 4 is 32.0 Å². The fourth-order valence-corrected chi connectivity index (χ4v) is 5.65. The molecule has 4 aromatic rings. The van der Waals surface area contributed by atoms with Gasteiger partial charge in [-0.15, -0.1) is 0 Å². The topological polar surface area (TPSA) is 76.1 Å². The third kappa shape index (κ3) is 3.26. The highest BCUT2D eigenvalue weighted by atomic mass is 32.2. The van der Waals surface area contributed by atoms with Crippen molar-refractivity contribution in [1.29, 1.82) is 0 Å². The Hall–Kier alpha value is -2.90. The molecule has 1 saturated heterocycles. The Morgan fingerprint density at radius 2 is 1.55 bits per heavy atom. The van der Waals surface area contributed by atoms with Gasteiger partial charge in [0.2, 0.25) is 10.0 Å². The molecule has 4 heterocycles. The van der Waals surface area contributed by atoms with Crippen LogP contribution >= 0.6 is 0 Å². The van der Waals surface area contributed by atoms with Crippen LogP contribution in [0.3, 0.4) is 0 Å². The smallest absolute Gasteiger partial charge is 0.245 e. The van der Waals surface area contributed by atoms with Crippen molar-refractivity contribution in [2.45, 2.75) is 23.7 Å². The molecule has 3 aromatic heterocycles. The number of piperidine rings is 1. The van der Waals surface area contributed by atoms with Crippen LogP contribution < -0.4 is 0 Å². The lowest BCUT2D eigenvalue weighted by molar-refractivity contribution is 0.317. The maximum Gasteiger partial charge on any atom is 0.245 e. The Morgan fingerprint density at radius 3 is 2.38 bits per heavy atom. The molecule has 146 valence electrons. The molecule has 1 aliphatic heterocycles. The first-order chi connectivity index (χ1) is 14.1. The molecule has 7 heteroatoms. The maximum absolute atomic E-state index is 13.3. The third-order valence-corrected chi connectivity index (χ3v) is 7.50. The molecule has 0 unspecified atom stereocenters. The van der Waals surface area contributed by atoms with E-state index in [1.54, 1.807) is 28.8 Å². The average molecular weight is 404 g/mol. The lowest BCUT2D eigenvalue weighted by Gasteiger charge is -2.31. The van der Waals surface area contributed by atoms with Gasteiger partial charge in [0.05, 0.1) is 5.52 Å². The van der Waals surface area contributed by atoms with Crippen LogP contribution in [0.4, 0.5) is 0 Å². The van der Waals surface area contributed by atoms with Gasteiger partial charge in [0.1, 0.15) is 4.90 Å². The highest BCUT2D eigenvalue weighted by Gasteiger charge is 2.31. The minimum atomic E-state index is -3.59. The summed E-state index contributed by atoms with van der Waals surface area (Å²) in [6, 6.07) is 17.0. The van der Waals surface area contributed by atoms with Crippen LogP contribution in [-0.2, 0) is 10.0 Å².